The minimum atomic E-state index is -0.158. The zero-order chi connectivity index (χ0) is 14.8. The van der Waals surface area contributed by atoms with Crippen molar-refractivity contribution in [3.05, 3.63) is 27.1 Å². The third-order valence-electron chi connectivity index (χ3n) is 4.51. The van der Waals surface area contributed by atoms with Gasteiger partial charge in [0.05, 0.1) is 16.7 Å². The highest BCUT2D eigenvalue weighted by Crippen LogP contribution is 2.32. The van der Waals surface area contributed by atoms with E-state index in [0.29, 0.717) is 6.04 Å². The number of aromatic amines is 2. The average molecular weight is 352 g/mol. The lowest BCUT2D eigenvalue weighted by molar-refractivity contribution is 0.319. The maximum atomic E-state index is 11.4. The highest BCUT2D eigenvalue weighted by molar-refractivity contribution is 9.10. The molecule has 1 aromatic carbocycles. The van der Waals surface area contributed by atoms with Gasteiger partial charge in [0.1, 0.15) is 0 Å². The van der Waals surface area contributed by atoms with Crippen molar-refractivity contribution in [3.8, 4) is 0 Å². The third-order valence-corrected chi connectivity index (χ3v) is 5.16. The van der Waals surface area contributed by atoms with Crippen molar-refractivity contribution in [1.82, 2.24) is 9.97 Å². The second-order valence-corrected chi connectivity index (χ2v) is 6.96. The number of fused-ring (bicyclic) bond motifs is 1. The van der Waals surface area contributed by atoms with Crippen LogP contribution < -0.4 is 11.0 Å². The fourth-order valence-corrected chi connectivity index (χ4v) is 3.85. The SMILES string of the molecule is CCCC1CCC(Nc2cc3[nH]c(=O)[nH]c3cc2Br)CC1. The molecule has 0 aliphatic heterocycles. The molecule has 1 heterocycles. The van der Waals surface area contributed by atoms with E-state index in [4.69, 9.17) is 0 Å². The Morgan fingerprint density at radius 2 is 1.86 bits per heavy atom. The van der Waals surface area contributed by atoms with E-state index in [1.165, 1.54) is 38.5 Å². The van der Waals surface area contributed by atoms with E-state index in [-0.39, 0.29) is 5.69 Å². The molecule has 0 radical (unpaired) electrons. The Morgan fingerprint density at radius 1 is 1.19 bits per heavy atom. The van der Waals surface area contributed by atoms with Crippen LogP contribution in [0.3, 0.4) is 0 Å². The van der Waals surface area contributed by atoms with Crippen LogP contribution in [-0.4, -0.2) is 16.0 Å². The van der Waals surface area contributed by atoms with Gasteiger partial charge in [-0.3, -0.25) is 0 Å². The molecule has 0 spiro atoms. The van der Waals surface area contributed by atoms with E-state index in [1.54, 1.807) is 0 Å². The Hall–Kier alpha value is -1.23. The van der Waals surface area contributed by atoms with Crippen molar-refractivity contribution in [2.24, 2.45) is 5.92 Å². The highest BCUT2D eigenvalue weighted by Gasteiger charge is 2.21. The number of rotatable bonds is 4. The van der Waals surface area contributed by atoms with Crippen LogP contribution in [0.5, 0.6) is 0 Å². The van der Waals surface area contributed by atoms with Gasteiger partial charge >= 0.3 is 5.69 Å². The maximum absolute atomic E-state index is 11.4. The lowest BCUT2D eigenvalue weighted by Gasteiger charge is -2.30. The van der Waals surface area contributed by atoms with Crippen molar-refractivity contribution >= 4 is 32.7 Å². The summed E-state index contributed by atoms with van der Waals surface area (Å²) in [5.74, 6) is 0.917. The topological polar surface area (TPSA) is 60.7 Å². The quantitative estimate of drug-likeness (QED) is 0.764. The van der Waals surface area contributed by atoms with Gasteiger partial charge in [-0.05, 0) is 59.7 Å². The van der Waals surface area contributed by atoms with Gasteiger partial charge in [-0.1, -0.05) is 19.8 Å². The van der Waals surface area contributed by atoms with Crippen LogP contribution >= 0.6 is 15.9 Å². The summed E-state index contributed by atoms with van der Waals surface area (Å²) in [7, 11) is 0. The van der Waals surface area contributed by atoms with Crippen molar-refractivity contribution in [3.63, 3.8) is 0 Å². The molecule has 0 atom stereocenters. The summed E-state index contributed by atoms with van der Waals surface area (Å²) < 4.78 is 1.00. The molecule has 3 rings (SSSR count). The molecule has 0 amide bonds. The van der Waals surface area contributed by atoms with Gasteiger partial charge in [-0.2, -0.15) is 0 Å². The molecule has 3 N–H and O–H groups in total. The van der Waals surface area contributed by atoms with Gasteiger partial charge in [0.15, 0.2) is 0 Å². The molecule has 0 bridgehead atoms. The number of hydrogen-bond acceptors (Lipinski definition) is 2. The summed E-state index contributed by atoms with van der Waals surface area (Å²) in [5, 5.41) is 3.63. The standard InChI is InChI=1S/C16H22BrN3O/c1-2-3-10-4-6-11(7-5-10)18-13-9-15-14(8-12(13)17)19-16(21)20-15/h8-11,18H,2-7H2,1H3,(H2,19,20,21). The van der Waals surface area contributed by atoms with Crippen LogP contribution in [0.1, 0.15) is 45.4 Å². The van der Waals surface area contributed by atoms with Gasteiger partial charge in [0.25, 0.3) is 0 Å². The Bertz CT molecular complexity index is 668. The minimum Gasteiger partial charge on any atom is -0.381 e. The number of H-pyrrole nitrogens is 2. The van der Waals surface area contributed by atoms with E-state index in [9.17, 15) is 4.79 Å². The minimum absolute atomic E-state index is 0.158. The zero-order valence-electron chi connectivity index (χ0n) is 12.3. The molecular weight excluding hydrogens is 330 g/mol. The Kier molecular flexibility index (Phi) is 4.38. The van der Waals surface area contributed by atoms with E-state index in [2.05, 4.69) is 38.1 Å². The van der Waals surface area contributed by atoms with Gasteiger partial charge in [0.2, 0.25) is 0 Å². The fourth-order valence-electron chi connectivity index (χ4n) is 3.39. The number of anilines is 1. The molecule has 1 aromatic heterocycles. The summed E-state index contributed by atoms with van der Waals surface area (Å²) in [6.07, 6.45) is 7.79. The lowest BCUT2D eigenvalue weighted by Crippen LogP contribution is -2.26. The van der Waals surface area contributed by atoms with Crippen molar-refractivity contribution in [1.29, 1.82) is 0 Å². The largest absolute Gasteiger partial charge is 0.381 e. The second kappa shape index (κ2) is 6.26. The number of hydrogen-bond donors (Lipinski definition) is 3. The molecule has 114 valence electrons. The van der Waals surface area contributed by atoms with Crippen LogP contribution in [0.4, 0.5) is 5.69 Å². The molecule has 5 heteroatoms. The number of halogens is 1. The molecule has 4 nitrogen and oxygen atoms in total. The fraction of sp³-hybridized carbons (Fsp3) is 0.562. The zero-order valence-corrected chi connectivity index (χ0v) is 13.9. The number of aromatic nitrogens is 2. The number of imidazole rings is 1. The van der Waals surface area contributed by atoms with E-state index in [0.717, 1.165) is 27.1 Å². The Balaban J connectivity index is 1.70. The average Bonchev–Trinajstić information content (AvgIpc) is 2.81. The normalized spacial score (nSPS) is 22.6. The van der Waals surface area contributed by atoms with Crippen LogP contribution in [0.2, 0.25) is 0 Å². The molecule has 0 unspecified atom stereocenters. The summed E-state index contributed by atoms with van der Waals surface area (Å²) in [5.41, 5.74) is 2.60. The molecule has 1 saturated carbocycles. The van der Waals surface area contributed by atoms with Gasteiger partial charge < -0.3 is 15.3 Å². The summed E-state index contributed by atoms with van der Waals surface area (Å²) in [6.45, 7) is 2.27. The van der Waals surface area contributed by atoms with Crippen LogP contribution in [0.15, 0.2) is 21.4 Å². The predicted octanol–water partition coefficient (Wildman–Crippen LogP) is 4.39. The number of nitrogens with one attached hydrogen (secondary N) is 3. The molecule has 1 aliphatic carbocycles. The molecule has 2 aromatic rings. The van der Waals surface area contributed by atoms with Gasteiger partial charge in [-0.25, -0.2) is 4.79 Å². The molecular formula is C16H22BrN3O. The van der Waals surface area contributed by atoms with Crippen LogP contribution in [-0.2, 0) is 0 Å². The molecule has 0 saturated heterocycles. The molecule has 21 heavy (non-hydrogen) atoms. The smallest absolute Gasteiger partial charge is 0.323 e. The molecule has 1 aliphatic rings. The first kappa shape index (κ1) is 14.7. The van der Waals surface area contributed by atoms with E-state index in [1.807, 2.05) is 12.1 Å². The maximum Gasteiger partial charge on any atom is 0.323 e. The van der Waals surface area contributed by atoms with Gasteiger partial charge in [0, 0.05) is 10.5 Å². The summed E-state index contributed by atoms with van der Waals surface area (Å²) in [4.78, 5) is 16.9. The van der Waals surface area contributed by atoms with Crippen molar-refractivity contribution in [2.75, 3.05) is 5.32 Å². The Labute approximate surface area is 132 Å². The first-order valence-corrected chi connectivity index (χ1v) is 8.63. The molecule has 1 fully saturated rings. The number of benzene rings is 1. The van der Waals surface area contributed by atoms with Crippen molar-refractivity contribution in [2.45, 2.75) is 51.5 Å². The summed E-state index contributed by atoms with van der Waals surface area (Å²) >= 11 is 3.59. The monoisotopic (exact) mass is 351 g/mol. The first-order valence-electron chi connectivity index (χ1n) is 7.83. The summed E-state index contributed by atoms with van der Waals surface area (Å²) in [6, 6.07) is 4.51. The second-order valence-electron chi connectivity index (χ2n) is 6.11. The lowest BCUT2D eigenvalue weighted by atomic mass is 9.83. The predicted molar refractivity (Wildman–Crippen MR) is 90.9 cm³/mol. The highest BCUT2D eigenvalue weighted by atomic mass is 79.9. The van der Waals surface area contributed by atoms with E-state index >= 15 is 0 Å². The van der Waals surface area contributed by atoms with Crippen LogP contribution in [0, 0.1) is 5.92 Å². The van der Waals surface area contributed by atoms with Gasteiger partial charge in [-0.15, -0.1) is 0 Å². The Morgan fingerprint density at radius 3 is 2.52 bits per heavy atom. The van der Waals surface area contributed by atoms with Crippen LogP contribution in [0.25, 0.3) is 11.0 Å². The first-order chi connectivity index (χ1) is 10.2. The van der Waals surface area contributed by atoms with E-state index < -0.39 is 0 Å². The third kappa shape index (κ3) is 3.34. The van der Waals surface area contributed by atoms with Crippen molar-refractivity contribution < 1.29 is 0 Å².